The number of phosphoric acid groups is 2. The van der Waals surface area contributed by atoms with E-state index in [0.717, 1.165) is 120 Å². The van der Waals surface area contributed by atoms with Gasteiger partial charge in [0, 0.05) is 25.7 Å². The van der Waals surface area contributed by atoms with Gasteiger partial charge < -0.3 is 33.8 Å². The number of hydrogen-bond acceptors (Lipinski definition) is 15. The van der Waals surface area contributed by atoms with Crippen molar-refractivity contribution in [2.24, 2.45) is 23.7 Å². The zero-order valence-electron chi connectivity index (χ0n) is 59.5. The van der Waals surface area contributed by atoms with Gasteiger partial charge in [-0.25, -0.2) is 9.13 Å². The Morgan fingerprint density at radius 3 is 0.780 bits per heavy atom. The molecule has 0 saturated carbocycles. The molecule has 540 valence electrons. The Morgan fingerprint density at radius 1 is 0.308 bits per heavy atom. The van der Waals surface area contributed by atoms with Crippen LogP contribution >= 0.6 is 15.6 Å². The first-order valence-electron chi connectivity index (χ1n) is 37.3. The summed E-state index contributed by atoms with van der Waals surface area (Å²) in [5.74, 6) is 0.844. The van der Waals surface area contributed by atoms with Crippen LogP contribution in [0.25, 0.3) is 0 Å². The molecule has 3 N–H and O–H groups in total. The van der Waals surface area contributed by atoms with E-state index in [1.807, 2.05) is 0 Å². The smallest absolute Gasteiger partial charge is 0.462 e. The van der Waals surface area contributed by atoms with Crippen LogP contribution < -0.4 is 0 Å². The molecule has 0 aromatic heterocycles. The Balaban J connectivity index is 5.17. The van der Waals surface area contributed by atoms with Crippen LogP contribution in [-0.2, 0) is 65.4 Å². The van der Waals surface area contributed by atoms with Crippen molar-refractivity contribution in [3.63, 3.8) is 0 Å². The van der Waals surface area contributed by atoms with Gasteiger partial charge in [0.25, 0.3) is 0 Å². The predicted molar refractivity (Wildman–Crippen MR) is 367 cm³/mol. The molecule has 0 aliphatic rings. The Kier molecular flexibility index (Phi) is 60.3. The lowest BCUT2D eigenvalue weighted by Gasteiger charge is -2.21. The van der Waals surface area contributed by atoms with Gasteiger partial charge in [0.1, 0.15) is 19.3 Å². The van der Waals surface area contributed by atoms with E-state index in [2.05, 4.69) is 55.4 Å². The number of esters is 4. The summed E-state index contributed by atoms with van der Waals surface area (Å²) in [6.45, 7) is 14.0. The Morgan fingerprint density at radius 2 is 0.527 bits per heavy atom. The fourth-order valence-electron chi connectivity index (χ4n) is 10.8. The van der Waals surface area contributed by atoms with E-state index in [1.165, 1.54) is 148 Å². The number of unbranched alkanes of at least 4 members (excludes halogenated alkanes) is 33. The van der Waals surface area contributed by atoms with Crippen LogP contribution in [0.1, 0.15) is 357 Å². The third kappa shape index (κ3) is 63.9. The molecule has 0 aliphatic heterocycles. The summed E-state index contributed by atoms with van der Waals surface area (Å²) < 4.78 is 68.3. The van der Waals surface area contributed by atoms with Crippen LogP contribution in [0.4, 0.5) is 0 Å². The molecule has 0 amide bonds. The lowest BCUT2D eigenvalue weighted by atomic mass is 10.00. The molecular weight excluding hydrogens is 1200 g/mol. The first kappa shape index (κ1) is 89.1. The molecule has 17 nitrogen and oxygen atoms in total. The highest BCUT2D eigenvalue weighted by atomic mass is 31.2. The minimum absolute atomic E-state index is 0.102. The van der Waals surface area contributed by atoms with Crippen molar-refractivity contribution in [3.05, 3.63) is 0 Å². The summed E-state index contributed by atoms with van der Waals surface area (Å²) >= 11 is 0. The summed E-state index contributed by atoms with van der Waals surface area (Å²) in [4.78, 5) is 72.5. The predicted octanol–water partition coefficient (Wildman–Crippen LogP) is 20.5. The highest BCUT2D eigenvalue weighted by Gasteiger charge is 2.30. The van der Waals surface area contributed by atoms with Crippen LogP contribution in [0.3, 0.4) is 0 Å². The second-order valence-electron chi connectivity index (χ2n) is 27.4. The second-order valence-corrected chi connectivity index (χ2v) is 30.3. The maximum Gasteiger partial charge on any atom is 0.472 e. The van der Waals surface area contributed by atoms with E-state index in [0.29, 0.717) is 31.6 Å². The number of ether oxygens (including phenoxy) is 4. The van der Waals surface area contributed by atoms with Crippen molar-refractivity contribution in [1.29, 1.82) is 0 Å². The molecule has 4 unspecified atom stereocenters. The van der Waals surface area contributed by atoms with E-state index >= 15 is 0 Å². The van der Waals surface area contributed by atoms with Gasteiger partial charge in [-0.3, -0.25) is 37.3 Å². The lowest BCUT2D eigenvalue weighted by molar-refractivity contribution is -0.161. The number of phosphoric ester groups is 2. The van der Waals surface area contributed by atoms with E-state index in [4.69, 9.17) is 37.0 Å². The van der Waals surface area contributed by atoms with Crippen molar-refractivity contribution >= 4 is 39.5 Å². The number of rotatable bonds is 69. The topological polar surface area (TPSA) is 237 Å². The first-order valence-corrected chi connectivity index (χ1v) is 40.3. The maximum absolute atomic E-state index is 13.0. The number of aliphatic hydroxyl groups excluding tert-OH is 1. The van der Waals surface area contributed by atoms with Gasteiger partial charge in [-0.2, -0.15) is 0 Å². The quantitative estimate of drug-likeness (QED) is 0.0222. The summed E-state index contributed by atoms with van der Waals surface area (Å²) in [6.07, 6.45) is 44.8. The van der Waals surface area contributed by atoms with Crippen LogP contribution in [0.15, 0.2) is 0 Å². The number of carbonyl (C=O) groups is 4. The van der Waals surface area contributed by atoms with Crippen LogP contribution in [0, 0.1) is 23.7 Å². The number of aliphatic hydroxyl groups is 1. The van der Waals surface area contributed by atoms with Gasteiger partial charge in [-0.15, -0.1) is 0 Å². The first-order chi connectivity index (χ1) is 43.7. The van der Waals surface area contributed by atoms with E-state index in [-0.39, 0.29) is 25.7 Å². The molecule has 0 fully saturated rings. The van der Waals surface area contributed by atoms with Crippen LogP contribution in [0.5, 0.6) is 0 Å². The molecule has 0 aromatic carbocycles. The summed E-state index contributed by atoms with van der Waals surface area (Å²) in [6, 6.07) is 0. The second kappa shape index (κ2) is 61.6. The van der Waals surface area contributed by atoms with Gasteiger partial charge in [-0.1, -0.05) is 306 Å². The largest absolute Gasteiger partial charge is 0.472 e. The molecule has 0 aromatic rings. The van der Waals surface area contributed by atoms with Crippen molar-refractivity contribution in [2.45, 2.75) is 375 Å². The fraction of sp³-hybridized carbons (Fsp3) is 0.944. The van der Waals surface area contributed by atoms with E-state index < -0.39 is 97.5 Å². The minimum atomic E-state index is -4.95. The Hall–Kier alpha value is -1.94. The van der Waals surface area contributed by atoms with Gasteiger partial charge in [0.2, 0.25) is 0 Å². The molecule has 0 bridgehead atoms. The van der Waals surface area contributed by atoms with Gasteiger partial charge in [-0.05, 0) is 49.4 Å². The Labute approximate surface area is 556 Å². The monoisotopic (exact) mass is 1340 g/mol. The number of carbonyl (C=O) groups excluding carboxylic acids is 4. The molecule has 19 heteroatoms. The molecule has 0 rings (SSSR count). The molecule has 7 atom stereocenters. The molecule has 0 heterocycles. The standard InChI is InChI=1S/C72H140O17P2/c1-9-64(7)50-42-34-28-30-37-45-53-70(75)83-59-67(88-71(76)54-46-38-26-22-20-18-16-14-12-11-13-15-17-19-21-24-32-40-48-62(3)4)60-86-90(78,79)84-56-66(73)57-85-91(80,81)87-61-68(89-72(77)55-47-39-31-29-35-43-51-65(8)10-2)58-82-69(74)52-44-36-27-23-25-33-41-49-63(5)6/h62-68,73H,9-61H2,1-8H3,(H,78,79)(H,80,81)/t64?,65?,66-,67+,68+/m0/s1. The van der Waals surface area contributed by atoms with Gasteiger partial charge in [0.15, 0.2) is 12.2 Å². The molecule has 91 heavy (non-hydrogen) atoms. The summed E-state index contributed by atoms with van der Waals surface area (Å²) in [5, 5.41) is 10.6. The summed E-state index contributed by atoms with van der Waals surface area (Å²) in [5.41, 5.74) is 0. The summed E-state index contributed by atoms with van der Waals surface area (Å²) in [7, 11) is -9.90. The molecule has 0 saturated heterocycles. The Bertz CT molecular complexity index is 1800. The highest BCUT2D eigenvalue weighted by molar-refractivity contribution is 7.47. The van der Waals surface area contributed by atoms with Crippen LogP contribution in [-0.4, -0.2) is 96.7 Å². The van der Waals surface area contributed by atoms with Crippen molar-refractivity contribution in [2.75, 3.05) is 39.6 Å². The highest BCUT2D eigenvalue weighted by Crippen LogP contribution is 2.45. The fourth-order valence-corrected chi connectivity index (χ4v) is 12.4. The van der Waals surface area contributed by atoms with Crippen LogP contribution in [0.2, 0.25) is 0 Å². The van der Waals surface area contributed by atoms with Crippen molar-refractivity contribution in [3.8, 4) is 0 Å². The molecule has 0 radical (unpaired) electrons. The van der Waals surface area contributed by atoms with Gasteiger partial charge >= 0.3 is 39.5 Å². The average Bonchev–Trinajstić information content (AvgIpc) is 3.62. The molecule has 0 spiro atoms. The zero-order valence-corrected chi connectivity index (χ0v) is 61.3. The third-order valence-electron chi connectivity index (χ3n) is 17.3. The normalized spacial score (nSPS) is 14.8. The SMILES string of the molecule is CCC(C)CCCCCCCCC(=O)OC[C@H](COP(=O)(O)OC[C@H](O)COP(=O)(O)OC[C@@H](COC(=O)CCCCCCCCCC(C)C)OC(=O)CCCCCCCCC(C)CC)OC(=O)CCCCCCCCCCCCCCCCCCCCC(C)C. The maximum atomic E-state index is 13.0. The van der Waals surface area contributed by atoms with Gasteiger partial charge in [0.05, 0.1) is 26.4 Å². The number of hydrogen-bond donors (Lipinski definition) is 3. The molecule has 0 aliphatic carbocycles. The van der Waals surface area contributed by atoms with Crippen molar-refractivity contribution in [1.82, 2.24) is 0 Å². The lowest BCUT2D eigenvalue weighted by Crippen LogP contribution is -2.30. The average molecular weight is 1340 g/mol. The molecular formula is C72H140O17P2. The van der Waals surface area contributed by atoms with Crippen molar-refractivity contribution < 1.29 is 80.2 Å². The third-order valence-corrected chi connectivity index (χ3v) is 19.2. The zero-order chi connectivity index (χ0) is 67.5. The van der Waals surface area contributed by atoms with E-state index in [9.17, 15) is 43.2 Å². The van der Waals surface area contributed by atoms with E-state index in [1.54, 1.807) is 0 Å². The minimum Gasteiger partial charge on any atom is -0.462 e.